The molecule has 0 saturated carbocycles. The highest BCUT2D eigenvalue weighted by Crippen LogP contribution is 2.25. The van der Waals surface area contributed by atoms with E-state index < -0.39 is 5.97 Å². The van der Waals surface area contributed by atoms with Crippen LogP contribution in [-0.2, 0) is 32.0 Å². The number of carboxylic acids is 1. The van der Waals surface area contributed by atoms with Gasteiger partial charge in [-0.15, -0.1) is 0 Å². The van der Waals surface area contributed by atoms with E-state index in [1.54, 1.807) is 4.68 Å². The van der Waals surface area contributed by atoms with Gasteiger partial charge in [-0.3, -0.25) is 14.6 Å². The van der Waals surface area contributed by atoms with Gasteiger partial charge in [-0.2, -0.15) is 5.10 Å². The molecule has 0 bridgehead atoms. The number of aromatic nitrogens is 3. The molecule has 0 spiro atoms. The lowest BCUT2D eigenvalue weighted by atomic mass is 9.87. The topological polar surface area (TPSA) is 71.2 Å². The smallest absolute Gasteiger partial charge is 0.356 e. The van der Waals surface area contributed by atoms with Gasteiger partial charge >= 0.3 is 5.97 Å². The maximum absolute atomic E-state index is 11.3. The van der Waals surface area contributed by atoms with Crippen LogP contribution in [0.25, 0.3) is 0 Å². The number of carboxylic acid groups (broad SMARTS) is 1. The molecule has 0 unspecified atom stereocenters. The number of nitrogens with zero attached hydrogens (tertiary/aromatic N) is 4. The predicted octanol–water partition coefficient (Wildman–Crippen LogP) is 2.37. The molecular formula is C18H24N4O2. The summed E-state index contributed by atoms with van der Waals surface area (Å²) < 4.78 is 1.70. The van der Waals surface area contributed by atoms with Crippen LogP contribution in [0.5, 0.6) is 0 Å². The summed E-state index contributed by atoms with van der Waals surface area (Å²) in [7, 11) is 1.81. The van der Waals surface area contributed by atoms with Crippen molar-refractivity contribution in [3.8, 4) is 0 Å². The fourth-order valence-electron chi connectivity index (χ4n) is 3.19. The van der Waals surface area contributed by atoms with Gasteiger partial charge < -0.3 is 5.11 Å². The van der Waals surface area contributed by atoms with Crippen LogP contribution < -0.4 is 0 Å². The van der Waals surface area contributed by atoms with Gasteiger partial charge in [0, 0.05) is 38.4 Å². The van der Waals surface area contributed by atoms with E-state index in [-0.39, 0.29) is 11.1 Å². The molecule has 1 aliphatic rings. The van der Waals surface area contributed by atoms with E-state index in [9.17, 15) is 9.90 Å². The standard InChI is InChI=1S/C18H24N4O2/c1-18(2,3)12-5-7-19-13(9-12)10-22-8-6-14-15(11-22)21(4)20-16(14)17(23)24/h5,7,9H,6,8,10-11H2,1-4H3,(H,23,24). The van der Waals surface area contributed by atoms with Crippen LogP contribution in [0.1, 0.15) is 53.8 Å². The molecule has 0 aliphatic carbocycles. The Morgan fingerprint density at radius 2 is 2.12 bits per heavy atom. The molecule has 2 aromatic heterocycles. The van der Waals surface area contributed by atoms with Crippen molar-refractivity contribution in [2.75, 3.05) is 6.54 Å². The molecule has 3 rings (SSSR count). The highest BCUT2D eigenvalue weighted by atomic mass is 16.4. The third-order valence-electron chi connectivity index (χ3n) is 4.60. The van der Waals surface area contributed by atoms with Crippen LogP contribution in [0.15, 0.2) is 18.3 Å². The molecule has 6 nitrogen and oxygen atoms in total. The molecule has 1 aliphatic heterocycles. The summed E-state index contributed by atoms with van der Waals surface area (Å²) in [5.74, 6) is -0.945. The Balaban J connectivity index is 1.79. The molecule has 0 atom stereocenters. The highest BCUT2D eigenvalue weighted by molar-refractivity contribution is 5.87. The van der Waals surface area contributed by atoms with E-state index >= 15 is 0 Å². The van der Waals surface area contributed by atoms with Crippen molar-refractivity contribution in [3.05, 3.63) is 46.5 Å². The van der Waals surface area contributed by atoms with E-state index in [1.807, 2.05) is 13.2 Å². The van der Waals surface area contributed by atoms with Crippen LogP contribution >= 0.6 is 0 Å². The van der Waals surface area contributed by atoms with Gasteiger partial charge in [0.1, 0.15) is 0 Å². The summed E-state index contributed by atoms with van der Waals surface area (Å²) in [6, 6.07) is 4.24. The largest absolute Gasteiger partial charge is 0.476 e. The molecule has 24 heavy (non-hydrogen) atoms. The van der Waals surface area contributed by atoms with Gasteiger partial charge in [-0.25, -0.2) is 4.79 Å². The highest BCUT2D eigenvalue weighted by Gasteiger charge is 2.27. The first-order chi connectivity index (χ1) is 11.3. The van der Waals surface area contributed by atoms with E-state index in [1.165, 1.54) is 5.56 Å². The van der Waals surface area contributed by atoms with Crippen LogP contribution in [0.4, 0.5) is 0 Å². The molecule has 0 amide bonds. The van der Waals surface area contributed by atoms with Crippen molar-refractivity contribution in [2.24, 2.45) is 7.05 Å². The molecule has 2 aromatic rings. The quantitative estimate of drug-likeness (QED) is 0.936. The van der Waals surface area contributed by atoms with Crippen molar-refractivity contribution in [2.45, 2.75) is 45.7 Å². The predicted molar refractivity (Wildman–Crippen MR) is 90.9 cm³/mol. The van der Waals surface area contributed by atoms with Crippen LogP contribution in [0.2, 0.25) is 0 Å². The van der Waals surface area contributed by atoms with Crippen LogP contribution in [-0.4, -0.2) is 37.3 Å². The van der Waals surface area contributed by atoms with E-state index in [0.29, 0.717) is 13.0 Å². The van der Waals surface area contributed by atoms with Gasteiger partial charge in [0.15, 0.2) is 5.69 Å². The number of aryl methyl sites for hydroxylation is 1. The molecule has 128 valence electrons. The third-order valence-corrected chi connectivity index (χ3v) is 4.60. The second-order valence-electron chi connectivity index (χ2n) is 7.45. The maximum Gasteiger partial charge on any atom is 0.356 e. The molecule has 0 aromatic carbocycles. The summed E-state index contributed by atoms with van der Waals surface area (Å²) in [6.07, 6.45) is 2.58. The van der Waals surface area contributed by atoms with E-state index in [2.05, 4.69) is 47.9 Å². The molecule has 0 radical (unpaired) electrons. The fourth-order valence-corrected chi connectivity index (χ4v) is 3.19. The Morgan fingerprint density at radius 1 is 1.38 bits per heavy atom. The number of aromatic carboxylic acids is 1. The summed E-state index contributed by atoms with van der Waals surface area (Å²) in [4.78, 5) is 18.1. The monoisotopic (exact) mass is 328 g/mol. The van der Waals surface area contributed by atoms with Crippen molar-refractivity contribution in [1.82, 2.24) is 19.7 Å². The Bertz CT molecular complexity index is 774. The van der Waals surface area contributed by atoms with Gasteiger partial charge in [0.05, 0.1) is 11.4 Å². The average Bonchev–Trinajstić information content (AvgIpc) is 2.84. The minimum Gasteiger partial charge on any atom is -0.476 e. The number of fused-ring (bicyclic) bond motifs is 1. The van der Waals surface area contributed by atoms with E-state index in [0.717, 1.165) is 30.0 Å². The maximum atomic E-state index is 11.3. The number of pyridine rings is 1. The number of carbonyl (C=O) groups is 1. The van der Waals surface area contributed by atoms with E-state index in [4.69, 9.17) is 0 Å². The minimum absolute atomic E-state index is 0.102. The number of hydrogen-bond acceptors (Lipinski definition) is 4. The van der Waals surface area contributed by atoms with Crippen LogP contribution in [0.3, 0.4) is 0 Å². The lowest BCUT2D eigenvalue weighted by Crippen LogP contribution is -2.31. The summed E-state index contributed by atoms with van der Waals surface area (Å²) in [6.45, 7) is 8.87. The molecule has 6 heteroatoms. The Hall–Kier alpha value is -2.21. The van der Waals surface area contributed by atoms with Crippen LogP contribution in [0, 0.1) is 0 Å². The zero-order chi connectivity index (χ0) is 17.5. The zero-order valence-electron chi connectivity index (χ0n) is 14.7. The fraction of sp³-hybridized carbons (Fsp3) is 0.500. The molecule has 1 N–H and O–H groups in total. The second-order valence-corrected chi connectivity index (χ2v) is 7.45. The Kier molecular flexibility index (Phi) is 4.17. The SMILES string of the molecule is Cn1nc(C(=O)O)c2c1CN(Cc1cc(C(C)(C)C)ccn1)CC2. The Morgan fingerprint density at radius 3 is 2.79 bits per heavy atom. The molecule has 0 saturated heterocycles. The first-order valence-electron chi connectivity index (χ1n) is 8.21. The van der Waals surface area contributed by atoms with Crippen molar-refractivity contribution >= 4 is 5.97 Å². The number of hydrogen-bond donors (Lipinski definition) is 1. The lowest BCUT2D eigenvalue weighted by Gasteiger charge is -2.27. The molecule has 0 fully saturated rings. The first-order valence-corrected chi connectivity index (χ1v) is 8.21. The van der Waals surface area contributed by atoms with Gasteiger partial charge in [-0.05, 0) is 29.5 Å². The summed E-state index contributed by atoms with van der Waals surface area (Å²) in [5, 5.41) is 13.4. The minimum atomic E-state index is -0.945. The summed E-state index contributed by atoms with van der Waals surface area (Å²) >= 11 is 0. The normalized spacial score (nSPS) is 15.3. The third kappa shape index (κ3) is 3.19. The Labute approximate surface area is 142 Å². The molecule has 3 heterocycles. The average molecular weight is 328 g/mol. The van der Waals surface area contributed by atoms with Crippen molar-refractivity contribution in [1.29, 1.82) is 0 Å². The zero-order valence-corrected chi connectivity index (χ0v) is 14.7. The second kappa shape index (κ2) is 6.02. The first kappa shape index (κ1) is 16.6. The van der Waals surface area contributed by atoms with Gasteiger partial charge in [-0.1, -0.05) is 20.8 Å². The van der Waals surface area contributed by atoms with Gasteiger partial charge in [0.25, 0.3) is 0 Å². The van der Waals surface area contributed by atoms with Gasteiger partial charge in [0.2, 0.25) is 0 Å². The molecular weight excluding hydrogens is 304 g/mol. The number of rotatable bonds is 3. The lowest BCUT2D eigenvalue weighted by molar-refractivity contribution is 0.0688. The summed E-state index contributed by atoms with van der Waals surface area (Å²) in [5.41, 5.74) is 4.49. The van der Waals surface area contributed by atoms with Crippen molar-refractivity contribution < 1.29 is 9.90 Å². The van der Waals surface area contributed by atoms with Crippen molar-refractivity contribution in [3.63, 3.8) is 0 Å².